The Balaban J connectivity index is 1.85. The van der Waals surface area contributed by atoms with Gasteiger partial charge in [-0.25, -0.2) is 4.79 Å². The van der Waals surface area contributed by atoms with E-state index in [9.17, 15) is 9.59 Å². The Morgan fingerprint density at radius 1 is 1.12 bits per heavy atom. The number of aromatic nitrogens is 1. The van der Waals surface area contributed by atoms with Crippen molar-refractivity contribution in [3.05, 3.63) is 59.1 Å². The van der Waals surface area contributed by atoms with Gasteiger partial charge in [-0.05, 0) is 50.2 Å². The quantitative estimate of drug-likeness (QED) is 0.692. The lowest BCUT2D eigenvalue weighted by Gasteiger charge is -2.21. The minimum absolute atomic E-state index is 0.0725. The average molecular weight is 340 g/mol. The van der Waals surface area contributed by atoms with Crippen LogP contribution in [0.2, 0.25) is 0 Å². The highest BCUT2D eigenvalue weighted by atomic mass is 16.5. The Morgan fingerprint density at radius 3 is 2.52 bits per heavy atom. The summed E-state index contributed by atoms with van der Waals surface area (Å²) in [6.07, 6.45) is 0. The SMILES string of the molecule is CCOc1ccc(N(CC)C(=O)Cn2c(=O)oc3ccccc32)cc1. The third kappa shape index (κ3) is 3.42. The topological polar surface area (TPSA) is 64.7 Å². The van der Waals surface area contributed by atoms with Gasteiger partial charge in [0, 0.05) is 12.2 Å². The molecule has 0 aliphatic heterocycles. The second kappa shape index (κ2) is 7.25. The summed E-state index contributed by atoms with van der Waals surface area (Å²) >= 11 is 0. The molecular formula is C19H20N2O4. The molecule has 0 saturated heterocycles. The molecule has 0 atom stereocenters. The molecule has 25 heavy (non-hydrogen) atoms. The monoisotopic (exact) mass is 340 g/mol. The van der Waals surface area contributed by atoms with Gasteiger partial charge < -0.3 is 14.1 Å². The Kier molecular flexibility index (Phi) is 4.88. The zero-order chi connectivity index (χ0) is 17.8. The van der Waals surface area contributed by atoms with E-state index in [0.717, 1.165) is 11.4 Å². The van der Waals surface area contributed by atoms with Gasteiger partial charge in [-0.3, -0.25) is 9.36 Å². The van der Waals surface area contributed by atoms with Crippen molar-refractivity contribution in [2.24, 2.45) is 0 Å². The summed E-state index contributed by atoms with van der Waals surface area (Å²) in [6.45, 7) is 4.83. The van der Waals surface area contributed by atoms with Crippen LogP contribution >= 0.6 is 0 Å². The van der Waals surface area contributed by atoms with Crippen LogP contribution in [-0.2, 0) is 11.3 Å². The largest absolute Gasteiger partial charge is 0.494 e. The number of para-hydroxylation sites is 2. The fourth-order valence-corrected chi connectivity index (χ4v) is 2.78. The zero-order valence-electron chi connectivity index (χ0n) is 14.3. The number of ether oxygens (including phenoxy) is 1. The number of benzene rings is 2. The number of likely N-dealkylation sites (N-methyl/N-ethyl adjacent to an activating group) is 1. The molecule has 0 N–H and O–H groups in total. The first-order valence-electron chi connectivity index (χ1n) is 8.25. The van der Waals surface area contributed by atoms with Crippen molar-refractivity contribution >= 4 is 22.7 Å². The predicted molar refractivity (Wildman–Crippen MR) is 96.1 cm³/mol. The lowest BCUT2D eigenvalue weighted by atomic mass is 10.2. The summed E-state index contributed by atoms with van der Waals surface area (Å²) in [5.41, 5.74) is 1.85. The average Bonchev–Trinajstić information content (AvgIpc) is 2.93. The Hall–Kier alpha value is -3.02. The maximum absolute atomic E-state index is 12.7. The Morgan fingerprint density at radius 2 is 1.84 bits per heavy atom. The molecule has 2 aromatic carbocycles. The molecule has 0 aliphatic rings. The number of carbonyl (C=O) groups excluding carboxylic acids is 1. The molecule has 0 unspecified atom stereocenters. The van der Waals surface area contributed by atoms with Crippen LogP contribution in [0.1, 0.15) is 13.8 Å². The molecule has 0 bridgehead atoms. The second-order valence-electron chi connectivity index (χ2n) is 5.49. The van der Waals surface area contributed by atoms with Gasteiger partial charge in [-0.15, -0.1) is 0 Å². The van der Waals surface area contributed by atoms with Crippen molar-refractivity contribution in [2.75, 3.05) is 18.1 Å². The van der Waals surface area contributed by atoms with Crippen LogP contribution in [-0.4, -0.2) is 23.6 Å². The highest BCUT2D eigenvalue weighted by Gasteiger charge is 2.18. The van der Waals surface area contributed by atoms with Gasteiger partial charge in [-0.2, -0.15) is 0 Å². The van der Waals surface area contributed by atoms with Crippen LogP contribution in [0.4, 0.5) is 5.69 Å². The van der Waals surface area contributed by atoms with Crippen LogP contribution in [0.5, 0.6) is 5.75 Å². The number of hydrogen-bond donors (Lipinski definition) is 0. The fraction of sp³-hybridized carbons (Fsp3) is 0.263. The molecule has 1 heterocycles. The molecule has 0 aliphatic carbocycles. The number of oxazole rings is 1. The highest BCUT2D eigenvalue weighted by Crippen LogP contribution is 2.20. The van der Waals surface area contributed by atoms with Crippen molar-refractivity contribution in [3.63, 3.8) is 0 Å². The first-order valence-corrected chi connectivity index (χ1v) is 8.25. The molecule has 0 fully saturated rings. The van der Waals surface area contributed by atoms with Crippen LogP contribution in [0.15, 0.2) is 57.7 Å². The van der Waals surface area contributed by atoms with Crippen molar-refractivity contribution in [1.29, 1.82) is 0 Å². The molecule has 0 saturated carbocycles. The third-order valence-electron chi connectivity index (χ3n) is 3.94. The minimum atomic E-state index is -0.530. The number of carbonyl (C=O) groups is 1. The van der Waals surface area contributed by atoms with E-state index in [4.69, 9.17) is 9.15 Å². The first kappa shape index (κ1) is 16.8. The van der Waals surface area contributed by atoms with Crippen LogP contribution in [0.25, 0.3) is 11.1 Å². The van der Waals surface area contributed by atoms with Crippen molar-refractivity contribution in [3.8, 4) is 5.75 Å². The van der Waals surface area contributed by atoms with Crippen molar-refractivity contribution in [2.45, 2.75) is 20.4 Å². The number of fused-ring (bicyclic) bond motifs is 1. The molecule has 1 amide bonds. The van der Waals surface area contributed by atoms with E-state index in [1.54, 1.807) is 23.1 Å². The summed E-state index contributed by atoms with van der Waals surface area (Å²) < 4.78 is 12.0. The first-order chi connectivity index (χ1) is 12.1. The van der Waals surface area contributed by atoms with Crippen LogP contribution in [0.3, 0.4) is 0 Å². The molecule has 130 valence electrons. The van der Waals surface area contributed by atoms with Gasteiger partial charge in [0.15, 0.2) is 5.58 Å². The van der Waals surface area contributed by atoms with Gasteiger partial charge in [0.25, 0.3) is 0 Å². The van der Waals surface area contributed by atoms with Crippen LogP contribution in [0, 0.1) is 0 Å². The van der Waals surface area contributed by atoms with Gasteiger partial charge in [0.1, 0.15) is 12.3 Å². The molecule has 1 aromatic heterocycles. The van der Waals surface area contributed by atoms with Gasteiger partial charge >= 0.3 is 5.76 Å². The maximum Gasteiger partial charge on any atom is 0.420 e. The predicted octanol–water partition coefficient (Wildman–Crippen LogP) is 3.05. The summed E-state index contributed by atoms with van der Waals surface area (Å²) in [5.74, 6) is 0.0457. The summed E-state index contributed by atoms with van der Waals surface area (Å²) in [5, 5.41) is 0. The molecule has 0 radical (unpaired) electrons. The van der Waals surface area contributed by atoms with Gasteiger partial charge in [0.05, 0.1) is 12.1 Å². The number of amides is 1. The molecule has 6 nitrogen and oxygen atoms in total. The number of anilines is 1. The number of hydrogen-bond acceptors (Lipinski definition) is 4. The number of rotatable bonds is 6. The number of nitrogens with zero attached hydrogens (tertiary/aromatic N) is 2. The zero-order valence-corrected chi connectivity index (χ0v) is 14.3. The third-order valence-corrected chi connectivity index (χ3v) is 3.94. The smallest absolute Gasteiger partial charge is 0.420 e. The van der Waals surface area contributed by atoms with E-state index in [0.29, 0.717) is 24.3 Å². The lowest BCUT2D eigenvalue weighted by Crippen LogP contribution is -2.35. The van der Waals surface area contributed by atoms with E-state index in [1.165, 1.54) is 4.57 Å². The summed E-state index contributed by atoms with van der Waals surface area (Å²) in [7, 11) is 0. The van der Waals surface area contributed by atoms with Gasteiger partial charge in [0.2, 0.25) is 5.91 Å². The lowest BCUT2D eigenvalue weighted by molar-refractivity contribution is -0.119. The summed E-state index contributed by atoms with van der Waals surface area (Å²) in [6, 6.07) is 14.4. The minimum Gasteiger partial charge on any atom is -0.494 e. The van der Waals surface area contributed by atoms with Crippen LogP contribution < -0.4 is 15.4 Å². The molecule has 6 heteroatoms. The van der Waals surface area contributed by atoms with E-state index in [1.807, 2.05) is 44.2 Å². The standard InChI is InChI=1S/C19H20N2O4/c1-3-20(14-9-11-15(12-10-14)24-4-2)18(22)13-21-16-7-5-6-8-17(16)25-19(21)23/h5-12H,3-4,13H2,1-2H3. The van der Waals surface area contributed by atoms with E-state index in [-0.39, 0.29) is 12.5 Å². The molecule has 3 rings (SSSR count). The maximum atomic E-state index is 12.7. The molecular weight excluding hydrogens is 320 g/mol. The van der Waals surface area contributed by atoms with Crippen molar-refractivity contribution < 1.29 is 13.9 Å². The fourth-order valence-electron chi connectivity index (χ4n) is 2.78. The van der Waals surface area contributed by atoms with Crippen molar-refractivity contribution in [1.82, 2.24) is 4.57 Å². The van der Waals surface area contributed by atoms with E-state index >= 15 is 0 Å². The molecule has 0 spiro atoms. The van der Waals surface area contributed by atoms with E-state index < -0.39 is 5.76 Å². The normalized spacial score (nSPS) is 10.8. The molecule has 3 aromatic rings. The summed E-state index contributed by atoms with van der Waals surface area (Å²) in [4.78, 5) is 26.4. The Labute approximate surface area is 145 Å². The highest BCUT2D eigenvalue weighted by molar-refractivity contribution is 5.93. The Bertz CT molecular complexity index is 924. The van der Waals surface area contributed by atoms with E-state index in [2.05, 4.69) is 0 Å². The second-order valence-corrected chi connectivity index (χ2v) is 5.49. The van der Waals surface area contributed by atoms with Gasteiger partial charge in [-0.1, -0.05) is 12.1 Å².